The van der Waals surface area contributed by atoms with Gasteiger partial charge in [0.2, 0.25) is 5.89 Å². The molecule has 0 N–H and O–H groups in total. The number of para-hydroxylation sites is 1. The van der Waals surface area contributed by atoms with E-state index in [0.717, 1.165) is 18.4 Å². The van der Waals surface area contributed by atoms with Crippen molar-refractivity contribution in [3.8, 4) is 5.82 Å². The number of hydrogen-bond acceptors (Lipinski definition) is 7. The van der Waals surface area contributed by atoms with Gasteiger partial charge < -0.3 is 4.52 Å². The molecule has 1 aromatic carbocycles. The molecule has 8 heteroatoms. The van der Waals surface area contributed by atoms with Crippen molar-refractivity contribution in [2.45, 2.75) is 44.0 Å². The molecule has 0 spiro atoms. The average molecular weight is 407 g/mol. The zero-order valence-electron chi connectivity index (χ0n) is 16.5. The highest BCUT2D eigenvalue weighted by Gasteiger charge is 2.21. The number of hydrogen-bond donors (Lipinski definition) is 0. The van der Waals surface area contributed by atoms with Gasteiger partial charge in [-0.1, -0.05) is 36.0 Å². The summed E-state index contributed by atoms with van der Waals surface area (Å²) in [5.74, 6) is 1.75. The Morgan fingerprint density at radius 1 is 1.21 bits per heavy atom. The van der Waals surface area contributed by atoms with Gasteiger partial charge in [0, 0.05) is 12.6 Å². The molecule has 0 aliphatic carbocycles. The molecule has 29 heavy (non-hydrogen) atoms. The molecule has 1 unspecified atom stereocenters. The molecule has 148 valence electrons. The van der Waals surface area contributed by atoms with Crippen LogP contribution in [0.1, 0.15) is 42.8 Å². The molecule has 0 saturated carbocycles. The number of fused-ring (bicyclic) bond motifs is 1. The molecule has 4 rings (SSSR count). The lowest BCUT2D eigenvalue weighted by atomic mass is 10.2. The van der Waals surface area contributed by atoms with E-state index >= 15 is 0 Å². The smallest absolute Gasteiger partial charge is 0.267 e. The quantitative estimate of drug-likeness (QED) is 0.348. The van der Waals surface area contributed by atoms with E-state index in [4.69, 9.17) is 9.51 Å². The van der Waals surface area contributed by atoms with Crippen LogP contribution in [-0.2, 0) is 6.42 Å². The minimum atomic E-state index is -0.169. The molecule has 4 aromatic rings. The van der Waals surface area contributed by atoms with Crippen LogP contribution in [0.4, 0.5) is 0 Å². The zero-order valence-corrected chi connectivity index (χ0v) is 17.3. The Labute approximate surface area is 172 Å². The summed E-state index contributed by atoms with van der Waals surface area (Å²) in [6.07, 6.45) is 3.41. The first-order valence-corrected chi connectivity index (χ1v) is 10.4. The largest absolute Gasteiger partial charge is 0.338 e. The molecule has 7 nitrogen and oxygen atoms in total. The topological polar surface area (TPSA) is 86.7 Å². The van der Waals surface area contributed by atoms with Crippen LogP contribution >= 0.6 is 11.8 Å². The average Bonchev–Trinajstić information content (AvgIpc) is 3.17. The van der Waals surface area contributed by atoms with Gasteiger partial charge in [-0.2, -0.15) is 4.98 Å². The Hall–Kier alpha value is -3.00. The van der Waals surface area contributed by atoms with Crippen molar-refractivity contribution in [2.24, 2.45) is 0 Å². The van der Waals surface area contributed by atoms with Gasteiger partial charge in [0.1, 0.15) is 5.82 Å². The van der Waals surface area contributed by atoms with Crippen LogP contribution in [0.3, 0.4) is 0 Å². The summed E-state index contributed by atoms with van der Waals surface area (Å²) in [7, 11) is 0. The van der Waals surface area contributed by atoms with Crippen molar-refractivity contribution in [1.29, 1.82) is 0 Å². The van der Waals surface area contributed by atoms with Crippen LogP contribution in [-0.4, -0.2) is 24.7 Å². The monoisotopic (exact) mass is 407 g/mol. The lowest BCUT2D eigenvalue weighted by molar-refractivity contribution is 0.374. The number of thioether (sulfide) groups is 1. The SMILES string of the molecule is CCCc1noc(C(C)Sc2nc3ccccc3c(=O)n2-c2cc(C)ccn2)n1. The van der Waals surface area contributed by atoms with Gasteiger partial charge >= 0.3 is 0 Å². The Balaban J connectivity index is 1.81. The Morgan fingerprint density at radius 2 is 2.03 bits per heavy atom. The van der Waals surface area contributed by atoms with Crippen molar-refractivity contribution >= 4 is 22.7 Å². The normalized spacial score (nSPS) is 12.4. The molecule has 1 atom stereocenters. The predicted molar refractivity (Wildman–Crippen MR) is 112 cm³/mol. The zero-order chi connectivity index (χ0) is 20.4. The minimum Gasteiger partial charge on any atom is -0.338 e. The van der Waals surface area contributed by atoms with Gasteiger partial charge in [-0.15, -0.1) is 0 Å². The second-order valence-corrected chi connectivity index (χ2v) is 8.11. The van der Waals surface area contributed by atoms with Gasteiger partial charge in [-0.25, -0.2) is 14.5 Å². The molecular formula is C21H21N5O2S. The van der Waals surface area contributed by atoms with Crippen molar-refractivity contribution in [1.82, 2.24) is 24.7 Å². The highest BCUT2D eigenvalue weighted by atomic mass is 32.2. The summed E-state index contributed by atoms with van der Waals surface area (Å²) in [6.45, 7) is 6.00. The Morgan fingerprint density at radius 3 is 2.83 bits per heavy atom. The lowest BCUT2D eigenvalue weighted by Gasteiger charge is -2.14. The standard InChI is InChI=1S/C21H21N5O2S/c1-4-7-17-24-19(28-25-17)14(3)29-21-23-16-9-6-5-8-15(16)20(27)26(21)18-12-13(2)10-11-22-18/h5-6,8-12,14H,4,7H2,1-3H3. The van der Waals surface area contributed by atoms with Crippen LogP contribution < -0.4 is 5.56 Å². The van der Waals surface area contributed by atoms with E-state index in [9.17, 15) is 4.79 Å². The number of rotatable bonds is 6. The van der Waals surface area contributed by atoms with E-state index in [1.54, 1.807) is 16.8 Å². The lowest BCUT2D eigenvalue weighted by Crippen LogP contribution is -2.23. The highest BCUT2D eigenvalue weighted by molar-refractivity contribution is 7.99. The molecule has 0 radical (unpaired) electrons. The summed E-state index contributed by atoms with van der Waals surface area (Å²) in [5, 5.41) is 4.95. The van der Waals surface area contributed by atoms with Gasteiger partial charge in [-0.05, 0) is 50.1 Å². The van der Waals surface area contributed by atoms with E-state index in [1.165, 1.54) is 11.8 Å². The molecule has 0 saturated heterocycles. The molecule has 0 fully saturated rings. The first-order chi connectivity index (χ1) is 14.1. The molecule has 0 aliphatic rings. The first-order valence-electron chi connectivity index (χ1n) is 9.50. The van der Waals surface area contributed by atoms with Crippen molar-refractivity contribution < 1.29 is 4.52 Å². The molecule has 0 aliphatic heterocycles. The summed E-state index contributed by atoms with van der Waals surface area (Å²) in [6, 6.07) is 11.1. The molecule has 0 amide bonds. The third-order valence-corrected chi connectivity index (χ3v) is 5.50. The number of aryl methyl sites for hydroxylation is 2. The van der Waals surface area contributed by atoms with Crippen molar-refractivity contribution in [2.75, 3.05) is 0 Å². The highest BCUT2D eigenvalue weighted by Crippen LogP contribution is 2.34. The van der Waals surface area contributed by atoms with Crippen molar-refractivity contribution in [3.63, 3.8) is 0 Å². The van der Waals surface area contributed by atoms with E-state index in [2.05, 4.69) is 22.0 Å². The summed E-state index contributed by atoms with van der Waals surface area (Å²) in [5.41, 5.74) is 1.51. The number of benzene rings is 1. The van der Waals surface area contributed by atoms with Crippen LogP contribution in [0, 0.1) is 6.92 Å². The number of pyridine rings is 1. The molecule has 0 bridgehead atoms. The van der Waals surface area contributed by atoms with Gasteiger partial charge in [0.15, 0.2) is 11.0 Å². The Kier molecular flexibility index (Phi) is 5.44. The maximum Gasteiger partial charge on any atom is 0.267 e. The van der Waals surface area contributed by atoms with Gasteiger partial charge in [0.25, 0.3) is 5.56 Å². The van der Waals surface area contributed by atoms with Gasteiger partial charge in [-0.3, -0.25) is 4.79 Å². The maximum absolute atomic E-state index is 13.3. The summed E-state index contributed by atoms with van der Waals surface area (Å²) < 4.78 is 6.98. The fraction of sp³-hybridized carbons (Fsp3) is 0.286. The van der Waals surface area contributed by atoms with E-state index < -0.39 is 0 Å². The van der Waals surface area contributed by atoms with Crippen molar-refractivity contribution in [3.05, 3.63) is 70.2 Å². The maximum atomic E-state index is 13.3. The minimum absolute atomic E-state index is 0.152. The number of nitrogens with zero attached hydrogens (tertiary/aromatic N) is 5. The second kappa shape index (κ2) is 8.16. The molecular weight excluding hydrogens is 386 g/mol. The number of aromatic nitrogens is 5. The second-order valence-electron chi connectivity index (χ2n) is 6.80. The first kappa shape index (κ1) is 19.3. The van der Waals surface area contributed by atoms with E-state index in [-0.39, 0.29) is 10.8 Å². The van der Waals surface area contributed by atoms with Crippen LogP contribution in [0.15, 0.2) is 57.1 Å². The third kappa shape index (κ3) is 3.93. The van der Waals surface area contributed by atoms with E-state index in [1.807, 2.05) is 44.2 Å². The van der Waals surface area contributed by atoms with E-state index in [0.29, 0.717) is 33.6 Å². The Bertz CT molecular complexity index is 1220. The predicted octanol–water partition coefficient (Wildman–Crippen LogP) is 4.28. The fourth-order valence-electron chi connectivity index (χ4n) is 3.00. The molecule has 3 aromatic heterocycles. The fourth-order valence-corrected chi connectivity index (χ4v) is 3.95. The van der Waals surface area contributed by atoms with Crippen LogP contribution in [0.25, 0.3) is 16.7 Å². The third-order valence-electron chi connectivity index (χ3n) is 4.46. The van der Waals surface area contributed by atoms with Crippen LogP contribution in [0.5, 0.6) is 0 Å². The van der Waals surface area contributed by atoms with Crippen LogP contribution in [0.2, 0.25) is 0 Å². The molecule has 3 heterocycles. The summed E-state index contributed by atoms with van der Waals surface area (Å²) >= 11 is 1.40. The summed E-state index contributed by atoms with van der Waals surface area (Å²) in [4.78, 5) is 26.9. The van der Waals surface area contributed by atoms with Gasteiger partial charge in [0.05, 0.1) is 16.2 Å².